The van der Waals surface area contributed by atoms with Gasteiger partial charge >= 0.3 is 0 Å². The van der Waals surface area contributed by atoms with Crippen molar-refractivity contribution in [2.75, 3.05) is 52.1 Å². The number of nitrogens with two attached hydrogens (primary N) is 1. The van der Waals surface area contributed by atoms with Crippen molar-refractivity contribution < 1.29 is 8.42 Å². The van der Waals surface area contributed by atoms with Gasteiger partial charge in [0.25, 0.3) is 0 Å². The number of fused-ring (bicyclic) bond motifs is 1. The number of hydrogen-bond acceptors (Lipinski definition) is 5. The molecule has 122 valence electrons. The zero-order chi connectivity index (χ0) is 15.1. The first-order valence-electron chi connectivity index (χ1n) is 8.09. The molecule has 0 aromatic rings. The molecule has 0 saturated carbocycles. The monoisotopic (exact) mass is 316 g/mol. The number of sulfonamides is 1. The fourth-order valence-corrected chi connectivity index (χ4v) is 5.24. The molecule has 0 aromatic carbocycles. The van der Waals surface area contributed by atoms with Crippen LogP contribution >= 0.6 is 0 Å². The maximum absolute atomic E-state index is 11.6. The van der Waals surface area contributed by atoms with E-state index in [-0.39, 0.29) is 5.54 Å². The topological polar surface area (TPSA) is 69.9 Å². The van der Waals surface area contributed by atoms with Gasteiger partial charge in [-0.15, -0.1) is 0 Å². The molecule has 0 bridgehead atoms. The number of rotatable bonds is 3. The summed E-state index contributed by atoms with van der Waals surface area (Å²) in [5, 5.41) is 0. The van der Waals surface area contributed by atoms with E-state index in [0.29, 0.717) is 25.7 Å². The number of piperazine rings is 1. The van der Waals surface area contributed by atoms with Gasteiger partial charge in [-0.2, -0.15) is 4.31 Å². The van der Waals surface area contributed by atoms with Crippen LogP contribution < -0.4 is 5.73 Å². The van der Waals surface area contributed by atoms with E-state index in [4.69, 9.17) is 5.73 Å². The lowest BCUT2D eigenvalue weighted by molar-refractivity contribution is -0.00627. The fraction of sp³-hybridized carbons (Fsp3) is 1.00. The Labute approximate surface area is 128 Å². The summed E-state index contributed by atoms with van der Waals surface area (Å²) in [6.07, 6.45) is 6.19. The van der Waals surface area contributed by atoms with Gasteiger partial charge in [-0.1, -0.05) is 0 Å². The molecule has 3 saturated heterocycles. The van der Waals surface area contributed by atoms with Crippen LogP contribution in [0.3, 0.4) is 0 Å². The Morgan fingerprint density at radius 1 is 1.14 bits per heavy atom. The summed E-state index contributed by atoms with van der Waals surface area (Å²) in [6.45, 7) is 5.93. The van der Waals surface area contributed by atoms with Crippen molar-refractivity contribution >= 4 is 10.0 Å². The Morgan fingerprint density at radius 2 is 1.86 bits per heavy atom. The van der Waals surface area contributed by atoms with Crippen LogP contribution in [0.25, 0.3) is 0 Å². The molecule has 0 spiro atoms. The molecule has 3 fully saturated rings. The van der Waals surface area contributed by atoms with Gasteiger partial charge in [-0.3, -0.25) is 4.90 Å². The lowest BCUT2D eigenvalue weighted by atomic mass is 9.81. The van der Waals surface area contributed by atoms with Gasteiger partial charge in [0.2, 0.25) is 10.0 Å². The van der Waals surface area contributed by atoms with Crippen LogP contribution in [0.4, 0.5) is 0 Å². The summed E-state index contributed by atoms with van der Waals surface area (Å²) in [4.78, 5) is 5.09. The molecule has 0 aromatic heterocycles. The fourth-order valence-electron chi connectivity index (χ4n) is 4.41. The van der Waals surface area contributed by atoms with Crippen LogP contribution in [0.1, 0.15) is 25.7 Å². The van der Waals surface area contributed by atoms with E-state index in [1.54, 1.807) is 4.31 Å². The van der Waals surface area contributed by atoms with Gasteiger partial charge in [0.05, 0.1) is 6.26 Å². The summed E-state index contributed by atoms with van der Waals surface area (Å²) in [5.41, 5.74) is 6.27. The Morgan fingerprint density at radius 3 is 2.48 bits per heavy atom. The van der Waals surface area contributed by atoms with Crippen LogP contribution in [0.2, 0.25) is 0 Å². The van der Waals surface area contributed by atoms with E-state index in [1.165, 1.54) is 25.6 Å². The average Bonchev–Trinajstić information content (AvgIpc) is 2.93. The summed E-state index contributed by atoms with van der Waals surface area (Å²) in [7, 11) is -3.05. The molecule has 0 radical (unpaired) electrons. The van der Waals surface area contributed by atoms with Crippen molar-refractivity contribution in [3.8, 4) is 0 Å². The molecule has 0 aliphatic carbocycles. The van der Waals surface area contributed by atoms with Gasteiger partial charge in [-0.05, 0) is 32.2 Å². The third-order valence-corrected chi connectivity index (χ3v) is 7.04. The summed E-state index contributed by atoms with van der Waals surface area (Å²) in [5.74, 6) is 0. The van der Waals surface area contributed by atoms with Crippen molar-refractivity contribution in [2.45, 2.75) is 37.3 Å². The van der Waals surface area contributed by atoms with Crippen molar-refractivity contribution in [1.29, 1.82) is 0 Å². The first-order valence-corrected chi connectivity index (χ1v) is 9.94. The highest BCUT2D eigenvalue weighted by Crippen LogP contribution is 2.36. The van der Waals surface area contributed by atoms with Gasteiger partial charge in [0.15, 0.2) is 0 Å². The summed E-state index contributed by atoms with van der Waals surface area (Å²) < 4.78 is 24.9. The highest BCUT2D eigenvalue weighted by molar-refractivity contribution is 7.88. The Balaban J connectivity index is 1.67. The molecule has 3 rings (SSSR count). The number of hydrogen-bond donors (Lipinski definition) is 1. The molecule has 3 aliphatic heterocycles. The van der Waals surface area contributed by atoms with E-state index in [2.05, 4.69) is 9.80 Å². The molecule has 0 amide bonds. The SMILES string of the molecule is CS(=O)(=O)N1CCN(C2(CN)CCN3CCCC3C2)CC1. The minimum Gasteiger partial charge on any atom is -0.329 e. The van der Waals surface area contributed by atoms with Gasteiger partial charge in [0, 0.05) is 50.8 Å². The van der Waals surface area contributed by atoms with Gasteiger partial charge in [0.1, 0.15) is 0 Å². The molecule has 2 atom stereocenters. The second-order valence-electron chi connectivity index (χ2n) is 6.86. The van der Waals surface area contributed by atoms with E-state index >= 15 is 0 Å². The molecule has 3 aliphatic rings. The minimum absolute atomic E-state index is 0.0924. The summed E-state index contributed by atoms with van der Waals surface area (Å²) >= 11 is 0. The molecule has 7 heteroatoms. The van der Waals surface area contributed by atoms with Crippen LogP contribution in [-0.2, 0) is 10.0 Å². The highest BCUT2D eigenvalue weighted by Gasteiger charge is 2.45. The molecular formula is C14H28N4O2S. The largest absolute Gasteiger partial charge is 0.329 e. The third kappa shape index (κ3) is 2.99. The zero-order valence-corrected chi connectivity index (χ0v) is 13.8. The van der Waals surface area contributed by atoms with Crippen molar-refractivity contribution in [2.24, 2.45) is 5.73 Å². The normalized spacial score (nSPS) is 36.8. The maximum atomic E-state index is 11.6. The smallest absolute Gasteiger partial charge is 0.211 e. The van der Waals surface area contributed by atoms with Crippen LogP contribution in [0.15, 0.2) is 0 Å². The minimum atomic E-state index is -3.05. The van der Waals surface area contributed by atoms with E-state index in [9.17, 15) is 8.42 Å². The lowest BCUT2D eigenvalue weighted by Crippen LogP contribution is -2.65. The molecule has 2 unspecified atom stereocenters. The first kappa shape index (κ1) is 15.7. The average molecular weight is 316 g/mol. The Kier molecular flexibility index (Phi) is 4.31. The van der Waals surface area contributed by atoms with E-state index in [1.807, 2.05) is 0 Å². The second kappa shape index (κ2) is 5.77. The zero-order valence-electron chi connectivity index (χ0n) is 13.0. The Hall–Kier alpha value is -0.210. The van der Waals surface area contributed by atoms with E-state index < -0.39 is 10.0 Å². The van der Waals surface area contributed by atoms with Crippen LogP contribution in [0, 0.1) is 0 Å². The maximum Gasteiger partial charge on any atom is 0.211 e. The molecule has 6 nitrogen and oxygen atoms in total. The number of nitrogens with zero attached hydrogens (tertiary/aromatic N) is 3. The molecule has 2 N–H and O–H groups in total. The van der Waals surface area contributed by atoms with E-state index in [0.717, 1.165) is 32.5 Å². The van der Waals surface area contributed by atoms with Crippen molar-refractivity contribution in [3.05, 3.63) is 0 Å². The predicted octanol–water partition coefficient (Wildman–Crippen LogP) is -0.481. The first-order chi connectivity index (χ1) is 9.94. The van der Waals surface area contributed by atoms with Crippen molar-refractivity contribution in [1.82, 2.24) is 14.1 Å². The quantitative estimate of drug-likeness (QED) is 0.761. The van der Waals surface area contributed by atoms with Gasteiger partial charge < -0.3 is 10.6 Å². The lowest BCUT2D eigenvalue weighted by Gasteiger charge is -2.52. The third-order valence-electron chi connectivity index (χ3n) is 5.74. The molecule has 3 heterocycles. The Bertz CT molecular complexity index is 475. The number of piperidine rings is 1. The molecular weight excluding hydrogens is 288 g/mol. The standard InChI is InChI=1S/C14H28N4O2S/c1-21(19,20)18-9-7-17(8-10-18)14(12-15)4-6-16-5-2-3-13(16)11-14/h13H,2-12,15H2,1H3. The van der Waals surface area contributed by atoms with Crippen LogP contribution in [-0.4, -0.2) is 86.2 Å². The van der Waals surface area contributed by atoms with Crippen LogP contribution in [0.5, 0.6) is 0 Å². The highest BCUT2D eigenvalue weighted by atomic mass is 32.2. The predicted molar refractivity (Wildman–Crippen MR) is 83.6 cm³/mol. The van der Waals surface area contributed by atoms with Gasteiger partial charge in [-0.25, -0.2) is 8.42 Å². The second-order valence-corrected chi connectivity index (χ2v) is 8.85. The summed E-state index contributed by atoms with van der Waals surface area (Å²) in [6, 6.07) is 0.690. The van der Waals surface area contributed by atoms with Crippen molar-refractivity contribution in [3.63, 3.8) is 0 Å². The molecule has 21 heavy (non-hydrogen) atoms.